The van der Waals surface area contributed by atoms with Crippen LogP contribution in [0.3, 0.4) is 0 Å². The Labute approximate surface area is 190 Å². The van der Waals surface area contributed by atoms with Crippen LogP contribution < -0.4 is 0 Å². The van der Waals surface area contributed by atoms with Gasteiger partial charge in [-0.15, -0.1) is 10.2 Å². The molecule has 0 bridgehead atoms. The minimum atomic E-state index is -0.373. The van der Waals surface area contributed by atoms with Gasteiger partial charge in [0.2, 0.25) is 5.91 Å². The van der Waals surface area contributed by atoms with Gasteiger partial charge in [0.15, 0.2) is 11.0 Å². The van der Waals surface area contributed by atoms with Crippen LogP contribution in [-0.2, 0) is 11.3 Å². The molecule has 5 nitrogen and oxygen atoms in total. The molecule has 0 aliphatic rings. The number of hydrogen-bond donors (Lipinski definition) is 0. The lowest BCUT2D eigenvalue weighted by Gasteiger charge is -2.17. The van der Waals surface area contributed by atoms with Crippen LogP contribution in [0.25, 0.3) is 17.1 Å². The molecule has 7 heteroatoms. The fourth-order valence-corrected chi connectivity index (χ4v) is 4.17. The highest BCUT2D eigenvalue weighted by molar-refractivity contribution is 7.99. The Morgan fingerprint density at radius 1 is 0.969 bits per heavy atom. The highest BCUT2D eigenvalue weighted by Gasteiger charge is 2.20. The SMILES string of the molecule is Cc1ccc(CN(C)C(=O)CSc2nnc(-c3ccccc3F)n2-c2ccccc2)cc1. The van der Waals surface area contributed by atoms with Crippen LogP contribution in [0.5, 0.6) is 0 Å². The quantitative estimate of drug-likeness (QED) is 0.369. The predicted molar refractivity (Wildman–Crippen MR) is 125 cm³/mol. The number of carbonyl (C=O) groups excluding carboxylic acids is 1. The Balaban J connectivity index is 1.55. The van der Waals surface area contributed by atoms with Crippen molar-refractivity contribution in [3.8, 4) is 17.1 Å². The van der Waals surface area contributed by atoms with Crippen molar-refractivity contribution >= 4 is 17.7 Å². The molecular weight excluding hydrogens is 423 g/mol. The highest BCUT2D eigenvalue weighted by atomic mass is 32.2. The third-order valence-corrected chi connectivity index (χ3v) is 5.97. The number of hydrogen-bond acceptors (Lipinski definition) is 4. The summed E-state index contributed by atoms with van der Waals surface area (Å²) in [6, 6.07) is 24.1. The summed E-state index contributed by atoms with van der Waals surface area (Å²) in [6.45, 7) is 2.57. The number of halogens is 1. The molecular formula is C25H23FN4OS. The lowest BCUT2D eigenvalue weighted by atomic mass is 10.1. The van der Waals surface area contributed by atoms with Crippen molar-refractivity contribution in [1.82, 2.24) is 19.7 Å². The van der Waals surface area contributed by atoms with Crippen LogP contribution in [-0.4, -0.2) is 38.4 Å². The number of benzene rings is 3. The molecule has 1 amide bonds. The lowest BCUT2D eigenvalue weighted by molar-refractivity contribution is -0.127. The van der Waals surface area contributed by atoms with E-state index < -0.39 is 0 Å². The average molecular weight is 447 g/mol. The fourth-order valence-electron chi connectivity index (χ4n) is 3.28. The van der Waals surface area contributed by atoms with Gasteiger partial charge in [0.05, 0.1) is 11.3 Å². The molecule has 162 valence electrons. The number of thioether (sulfide) groups is 1. The van der Waals surface area contributed by atoms with E-state index in [4.69, 9.17) is 0 Å². The highest BCUT2D eigenvalue weighted by Crippen LogP contribution is 2.29. The molecule has 0 aliphatic heterocycles. The van der Waals surface area contributed by atoms with Gasteiger partial charge in [-0.25, -0.2) is 4.39 Å². The van der Waals surface area contributed by atoms with Crippen molar-refractivity contribution in [2.45, 2.75) is 18.6 Å². The summed E-state index contributed by atoms with van der Waals surface area (Å²) < 4.78 is 16.3. The molecule has 3 aromatic carbocycles. The zero-order chi connectivity index (χ0) is 22.5. The number of para-hydroxylation sites is 1. The summed E-state index contributed by atoms with van der Waals surface area (Å²) >= 11 is 1.29. The van der Waals surface area contributed by atoms with Crippen LogP contribution in [0.1, 0.15) is 11.1 Å². The van der Waals surface area contributed by atoms with E-state index in [1.54, 1.807) is 34.7 Å². The number of amides is 1. The maximum Gasteiger partial charge on any atom is 0.233 e. The number of rotatable bonds is 7. The first-order valence-corrected chi connectivity index (χ1v) is 11.2. The molecule has 0 aliphatic carbocycles. The number of carbonyl (C=O) groups is 1. The minimum absolute atomic E-state index is 0.0226. The molecule has 0 saturated carbocycles. The van der Waals surface area contributed by atoms with Crippen molar-refractivity contribution in [3.63, 3.8) is 0 Å². The Morgan fingerprint density at radius 3 is 2.38 bits per heavy atom. The molecule has 0 radical (unpaired) electrons. The lowest BCUT2D eigenvalue weighted by Crippen LogP contribution is -2.27. The van der Waals surface area contributed by atoms with Gasteiger partial charge in [-0.05, 0) is 36.8 Å². The summed E-state index contributed by atoms with van der Waals surface area (Å²) in [5.74, 6) is 0.204. The van der Waals surface area contributed by atoms with Crippen LogP contribution in [0.2, 0.25) is 0 Å². The van der Waals surface area contributed by atoms with Crippen molar-refractivity contribution in [3.05, 3.63) is 95.8 Å². The monoisotopic (exact) mass is 446 g/mol. The van der Waals surface area contributed by atoms with E-state index in [1.165, 1.54) is 23.4 Å². The van der Waals surface area contributed by atoms with Crippen LogP contribution in [0, 0.1) is 12.7 Å². The van der Waals surface area contributed by atoms with Gasteiger partial charge in [0.1, 0.15) is 5.82 Å². The summed E-state index contributed by atoms with van der Waals surface area (Å²) in [7, 11) is 1.79. The van der Waals surface area contributed by atoms with E-state index in [9.17, 15) is 9.18 Å². The molecule has 1 aromatic heterocycles. The molecule has 4 rings (SSSR count). The normalized spacial score (nSPS) is 10.8. The van der Waals surface area contributed by atoms with E-state index in [-0.39, 0.29) is 17.5 Å². The molecule has 0 atom stereocenters. The van der Waals surface area contributed by atoms with Crippen LogP contribution >= 0.6 is 11.8 Å². The molecule has 0 saturated heterocycles. The van der Waals surface area contributed by atoms with Gasteiger partial charge < -0.3 is 4.90 Å². The van der Waals surface area contributed by atoms with E-state index in [0.29, 0.717) is 23.1 Å². The Bertz CT molecular complexity index is 1210. The van der Waals surface area contributed by atoms with Crippen LogP contribution in [0.4, 0.5) is 4.39 Å². The standard InChI is InChI=1S/C25H23FN4OS/c1-18-12-14-19(15-13-18)16-29(2)23(31)17-32-25-28-27-24(21-10-6-7-11-22(21)26)30(25)20-8-4-3-5-9-20/h3-15H,16-17H2,1-2H3. The molecule has 4 aromatic rings. The Kier molecular flexibility index (Phi) is 6.66. The third kappa shape index (κ3) is 4.89. The van der Waals surface area contributed by atoms with E-state index in [0.717, 1.165) is 11.3 Å². The van der Waals surface area contributed by atoms with Gasteiger partial charge >= 0.3 is 0 Å². The predicted octanol–water partition coefficient (Wildman–Crippen LogP) is 5.13. The summed E-state index contributed by atoms with van der Waals surface area (Å²) in [6.07, 6.45) is 0. The van der Waals surface area contributed by atoms with E-state index >= 15 is 0 Å². The Hall–Kier alpha value is -3.45. The van der Waals surface area contributed by atoms with Gasteiger partial charge in [-0.2, -0.15) is 0 Å². The van der Waals surface area contributed by atoms with Gasteiger partial charge in [0, 0.05) is 19.3 Å². The number of aromatic nitrogens is 3. The molecule has 1 heterocycles. The first-order chi connectivity index (χ1) is 15.5. The Morgan fingerprint density at radius 2 is 1.66 bits per heavy atom. The first kappa shape index (κ1) is 21.8. The average Bonchev–Trinajstić information content (AvgIpc) is 3.23. The van der Waals surface area contributed by atoms with Crippen molar-refractivity contribution in [1.29, 1.82) is 0 Å². The van der Waals surface area contributed by atoms with Crippen molar-refractivity contribution in [2.24, 2.45) is 0 Å². The zero-order valence-electron chi connectivity index (χ0n) is 17.9. The maximum absolute atomic E-state index is 14.5. The van der Waals surface area contributed by atoms with Gasteiger partial charge in [-0.3, -0.25) is 9.36 Å². The number of nitrogens with zero attached hydrogens (tertiary/aromatic N) is 4. The van der Waals surface area contributed by atoms with Gasteiger partial charge in [-0.1, -0.05) is 71.9 Å². The largest absolute Gasteiger partial charge is 0.341 e. The van der Waals surface area contributed by atoms with Gasteiger partial charge in [0.25, 0.3) is 0 Å². The second-order valence-electron chi connectivity index (χ2n) is 7.48. The summed E-state index contributed by atoms with van der Waals surface area (Å²) in [4.78, 5) is 14.4. The molecule has 0 spiro atoms. The van der Waals surface area contributed by atoms with E-state index in [2.05, 4.69) is 10.2 Å². The summed E-state index contributed by atoms with van der Waals surface area (Å²) in [5, 5.41) is 9.06. The fraction of sp³-hybridized carbons (Fsp3) is 0.160. The molecule has 0 fully saturated rings. The zero-order valence-corrected chi connectivity index (χ0v) is 18.7. The van der Waals surface area contributed by atoms with E-state index in [1.807, 2.05) is 61.5 Å². The second kappa shape index (κ2) is 9.78. The smallest absolute Gasteiger partial charge is 0.233 e. The number of aryl methyl sites for hydroxylation is 1. The third-order valence-electron chi connectivity index (χ3n) is 5.05. The molecule has 0 N–H and O–H groups in total. The molecule has 0 unspecified atom stereocenters. The summed E-state index contributed by atoms with van der Waals surface area (Å²) in [5.41, 5.74) is 3.42. The first-order valence-electron chi connectivity index (χ1n) is 10.2. The van der Waals surface area contributed by atoms with Crippen molar-refractivity contribution in [2.75, 3.05) is 12.8 Å². The van der Waals surface area contributed by atoms with Crippen LogP contribution in [0.15, 0.2) is 84.0 Å². The topological polar surface area (TPSA) is 51.0 Å². The minimum Gasteiger partial charge on any atom is -0.341 e. The second-order valence-corrected chi connectivity index (χ2v) is 8.42. The van der Waals surface area contributed by atoms with Crippen molar-refractivity contribution < 1.29 is 9.18 Å². The molecule has 32 heavy (non-hydrogen) atoms. The maximum atomic E-state index is 14.5.